The van der Waals surface area contributed by atoms with E-state index in [0.29, 0.717) is 35.9 Å². The van der Waals surface area contributed by atoms with Gasteiger partial charge in [-0.2, -0.15) is 4.31 Å². The molecule has 7 heteroatoms. The van der Waals surface area contributed by atoms with Crippen LogP contribution in [0, 0.1) is 0 Å². The number of likely N-dealkylation sites (tertiary alicyclic amines) is 1. The number of ether oxygens (including phenoxy) is 2. The number of hydrogen-bond acceptors (Lipinski definition) is 5. The van der Waals surface area contributed by atoms with E-state index < -0.39 is 10.0 Å². The zero-order valence-corrected chi connectivity index (χ0v) is 15.9. The second-order valence-corrected chi connectivity index (χ2v) is 8.72. The molecule has 6 nitrogen and oxygen atoms in total. The zero-order chi connectivity index (χ0) is 17.9. The Morgan fingerprint density at radius 3 is 2.28 bits per heavy atom. The topological polar surface area (TPSA) is 59.1 Å². The van der Waals surface area contributed by atoms with Gasteiger partial charge in [0.1, 0.15) is 5.75 Å². The Morgan fingerprint density at radius 1 is 1.00 bits per heavy atom. The van der Waals surface area contributed by atoms with E-state index in [1.165, 1.54) is 0 Å². The van der Waals surface area contributed by atoms with Crippen molar-refractivity contribution in [1.29, 1.82) is 0 Å². The van der Waals surface area contributed by atoms with Crippen LogP contribution in [0.2, 0.25) is 0 Å². The maximum Gasteiger partial charge on any atom is 0.243 e. The highest BCUT2D eigenvalue weighted by molar-refractivity contribution is 7.89. The molecule has 2 heterocycles. The highest BCUT2D eigenvalue weighted by Crippen LogP contribution is 2.27. The Labute approximate surface area is 150 Å². The summed E-state index contributed by atoms with van der Waals surface area (Å²) < 4.78 is 37.9. The summed E-state index contributed by atoms with van der Waals surface area (Å²) in [5, 5.41) is 0. The molecule has 140 valence electrons. The number of rotatable bonds is 5. The first-order chi connectivity index (χ1) is 12.0. The largest absolute Gasteiger partial charge is 0.497 e. The van der Waals surface area contributed by atoms with Gasteiger partial charge < -0.3 is 14.4 Å². The standard InChI is InChI=1S/C18H28N2O4S/c1-23-16-8-10-19(11-9-16)15-6-12-20(13-7-15)25(21,22)18-5-3-4-17(14-18)24-2/h3-5,14-16H,6-13H2,1-2H3. The average Bonchev–Trinajstić information content (AvgIpc) is 2.68. The quantitative estimate of drug-likeness (QED) is 0.795. The molecule has 0 unspecified atom stereocenters. The molecule has 2 saturated heterocycles. The van der Waals surface area contributed by atoms with Crippen LogP contribution in [-0.4, -0.2) is 70.2 Å². The molecule has 0 radical (unpaired) electrons. The molecule has 0 atom stereocenters. The normalized spacial score (nSPS) is 22.2. The number of sulfonamides is 1. The number of piperidine rings is 2. The Morgan fingerprint density at radius 2 is 1.68 bits per heavy atom. The first-order valence-electron chi connectivity index (χ1n) is 8.95. The summed E-state index contributed by atoms with van der Waals surface area (Å²) in [7, 11) is -0.121. The third-order valence-electron chi connectivity index (χ3n) is 5.43. The van der Waals surface area contributed by atoms with Crippen molar-refractivity contribution in [3.05, 3.63) is 24.3 Å². The maximum absolute atomic E-state index is 12.9. The monoisotopic (exact) mass is 368 g/mol. The molecule has 2 aliphatic rings. The van der Waals surface area contributed by atoms with Gasteiger partial charge in [-0.05, 0) is 37.8 Å². The lowest BCUT2D eigenvalue weighted by Gasteiger charge is -2.41. The highest BCUT2D eigenvalue weighted by atomic mass is 32.2. The van der Waals surface area contributed by atoms with Crippen molar-refractivity contribution >= 4 is 10.0 Å². The van der Waals surface area contributed by atoms with Crippen LogP contribution in [0.4, 0.5) is 0 Å². The SMILES string of the molecule is COc1cccc(S(=O)(=O)N2CCC(N3CCC(OC)CC3)CC2)c1. The third kappa shape index (κ3) is 4.16. The van der Waals surface area contributed by atoms with Crippen molar-refractivity contribution in [2.24, 2.45) is 0 Å². The first-order valence-corrected chi connectivity index (χ1v) is 10.4. The molecule has 0 spiro atoms. The van der Waals surface area contributed by atoms with Gasteiger partial charge >= 0.3 is 0 Å². The Bertz CT molecular complexity index is 663. The van der Waals surface area contributed by atoms with Gasteiger partial charge in [0.2, 0.25) is 10.0 Å². The predicted molar refractivity (Wildman–Crippen MR) is 96.4 cm³/mol. The van der Waals surface area contributed by atoms with E-state index in [2.05, 4.69) is 4.90 Å². The van der Waals surface area contributed by atoms with Crippen LogP contribution in [0.5, 0.6) is 5.75 Å². The number of benzene rings is 1. The number of methoxy groups -OCH3 is 2. The zero-order valence-electron chi connectivity index (χ0n) is 15.1. The molecular formula is C18H28N2O4S. The fourth-order valence-electron chi connectivity index (χ4n) is 3.84. The molecule has 0 aliphatic carbocycles. The van der Waals surface area contributed by atoms with Gasteiger partial charge in [-0.25, -0.2) is 8.42 Å². The minimum absolute atomic E-state index is 0.311. The Balaban J connectivity index is 1.60. The molecular weight excluding hydrogens is 340 g/mol. The van der Waals surface area contributed by atoms with Gasteiger partial charge in [-0.15, -0.1) is 0 Å². The fourth-order valence-corrected chi connectivity index (χ4v) is 5.34. The second-order valence-electron chi connectivity index (χ2n) is 6.79. The molecule has 2 aliphatic heterocycles. The third-order valence-corrected chi connectivity index (χ3v) is 7.32. The molecule has 1 aromatic carbocycles. The Hall–Kier alpha value is -1.15. The van der Waals surface area contributed by atoms with Crippen molar-refractivity contribution in [2.75, 3.05) is 40.4 Å². The molecule has 0 aromatic heterocycles. The lowest BCUT2D eigenvalue weighted by Crippen LogP contribution is -2.49. The van der Waals surface area contributed by atoms with Crippen LogP contribution in [0.1, 0.15) is 25.7 Å². The van der Waals surface area contributed by atoms with Crippen molar-refractivity contribution < 1.29 is 17.9 Å². The predicted octanol–water partition coefficient (Wildman–Crippen LogP) is 1.96. The smallest absolute Gasteiger partial charge is 0.243 e. The van der Waals surface area contributed by atoms with Gasteiger partial charge in [-0.3, -0.25) is 0 Å². The summed E-state index contributed by atoms with van der Waals surface area (Å²) in [6.07, 6.45) is 4.30. The molecule has 0 N–H and O–H groups in total. The molecule has 1 aromatic rings. The summed E-state index contributed by atoms with van der Waals surface area (Å²) in [5.41, 5.74) is 0. The van der Waals surface area contributed by atoms with Crippen molar-refractivity contribution in [3.63, 3.8) is 0 Å². The van der Waals surface area contributed by atoms with E-state index in [0.717, 1.165) is 38.8 Å². The fraction of sp³-hybridized carbons (Fsp3) is 0.667. The van der Waals surface area contributed by atoms with E-state index in [9.17, 15) is 8.42 Å². The van der Waals surface area contributed by atoms with Crippen molar-refractivity contribution in [2.45, 2.75) is 42.7 Å². The van der Waals surface area contributed by atoms with E-state index in [4.69, 9.17) is 9.47 Å². The van der Waals surface area contributed by atoms with Crippen LogP contribution >= 0.6 is 0 Å². The molecule has 3 rings (SSSR count). The molecule has 25 heavy (non-hydrogen) atoms. The van der Waals surface area contributed by atoms with Gasteiger partial charge in [-0.1, -0.05) is 6.07 Å². The first kappa shape index (κ1) is 18.6. The van der Waals surface area contributed by atoms with Crippen LogP contribution in [0.25, 0.3) is 0 Å². The van der Waals surface area contributed by atoms with Crippen LogP contribution < -0.4 is 4.74 Å². The molecule has 2 fully saturated rings. The highest BCUT2D eigenvalue weighted by Gasteiger charge is 2.33. The number of nitrogens with zero attached hydrogens (tertiary/aromatic N) is 2. The van der Waals surface area contributed by atoms with E-state index in [1.807, 2.05) is 0 Å². The van der Waals surface area contributed by atoms with Gasteiger partial charge in [0.05, 0.1) is 18.1 Å². The lowest BCUT2D eigenvalue weighted by atomic mass is 10.00. The minimum Gasteiger partial charge on any atom is -0.497 e. The average molecular weight is 368 g/mol. The van der Waals surface area contributed by atoms with Crippen LogP contribution in [0.15, 0.2) is 29.2 Å². The van der Waals surface area contributed by atoms with Gasteiger partial charge in [0.15, 0.2) is 0 Å². The summed E-state index contributed by atoms with van der Waals surface area (Å²) >= 11 is 0. The summed E-state index contributed by atoms with van der Waals surface area (Å²) in [5.74, 6) is 0.567. The summed E-state index contributed by atoms with van der Waals surface area (Å²) in [4.78, 5) is 2.82. The van der Waals surface area contributed by atoms with E-state index in [-0.39, 0.29) is 0 Å². The van der Waals surface area contributed by atoms with Crippen molar-refractivity contribution in [3.8, 4) is 5.75 Å². The second kappa shape index (κ2) is 8.03. The molecule has 0 bridgehead atoms. The Kier molecular flexibility index (Phi) is 5.99. The van der Waals surface area contributed by atoms with Crippen LogP contribution in [0.3, 0.4) is 0 Å². The van der Waals surface area contributed by atoms with Crippen molar-refractivity contribution in [1.82, 2.24) is 9.21 Å². The summed E-state index contributed by atoms with van der Waals surface area (Å²) in [6, 6.07) is 7.19. The summed E-state index contributed by atoms with van der Waals surface area (Å²) in [6.45, 7) is 3.25. The van der Waals surface area contributed by atoms with Gasteiger partial charge in [0.25, 0.3) is 0 Å². The number of hydrogen-bond donors (Lipinski definition) is 0. The van der Waals surface area contributed by atoms with Crippen LogP contribution in [-0.2, 0) is 14.8 Å². The van der Waals surface area contributed by atoms with E-state index >= 15 is 0 Å². The maximum atomic E-state index is 12.9. The molecule has 0 saturated carbocycles. The minimum atomic E-state index is -3.45. The van der Waals surface area contributed by atoms with Gasteiger partial charge in [0, 0.05) is 45.4 Å². The van der Waals surface area contributed by atoms with E-state index in [1.54, 1.807) is 42.8 Å². The molecule has 0 amide bonds. The lowest BCUT2D eigenvalue weighted by molar-refractivity contribution is 0.0190.